The molecule has 17 heavy (non-hydrogen) atoms. The Balaban J connectivity index is 0.00000128. The molecule has 1 heterocycles. The number of hydrogen-bond acceptors (Lipinski definition) is 3. The topological polar surface area (TPSA) is 64.9 Å². The number of carbonyl (C=O) groups excluding carboxylic acids is 1. The summed E-state index contributed by atoms with van der Waals surface area (Å²) >= 11 is 0. The van der Waals surface area contributed by atoms with E-state index < -0.39 is 0 Å². The van der Waals surface area contributed by atoms with Crippen LogP contribution >= 0.6 is 0 Å². The number of rotatable bonds is 3. The Morgan fingerprint density at radius 3 is 2.47 bits per heavy atom. The van der Waals surface area contributed by atoms with Crippen molar-refractivity contribution in [3.8, 4) is 0 Å². The maximum atomic E-state index is 10.4. The third-order valence-corrected chi connectivity index (χ3v) is 2.26. The van der Waals surface area contributed by atoms with E-state index >= 15 is 0 Å². The Labute approximate surface area is 112 Å². The van der Waals surface area contributed by atoms with Gasteiger partial charge in [0.1, 0.15) is 0 Å². The zero-order chi connectivity index (χ0) is 10.7. The van der Waals surface area contributed by atoms with Gasteiger partial charge in [0.05, 0.1) is 6.54 Å². The summed E-state index contributed by atoms with van der Waals surface area (Å²) in [6.07, 6.45) is 1.79. The van der Waals surface area contributed by atoms with Crippen LogP contribution in [0.4, 0.5) is 0 Å². The van der Waals surface area contributed by atoms with E-state index in [0.717, 1.165) is 5.69 Å². The first-order valence-corrected chi connectivity index (χ1v) is 4.76. The number of benzene rings is 1. The van der Waals surface area contributed by atoms with E-state index in [0.29, 0.717) is 12.2 Å². The molecule has 0 unspecified atom stereocenters. The van der Waals surface area contributed by atoms with E-state index in [1.165, 1.54) is 5.56 Å². The summed E-state index contributed by atoms with van der Waals surface area (Å²) < 4.78 is 1.80. The Bertz CT molecular complexity index is 469. The Kier molecular flexibility index (Phi) is 6.52. The summed E-state index contributed by atoms with van der Waals surface area (Å²) in [5.74, 6) is 0. The number of hydrogen-bond donors (Lipinski definition) is 0. The quantitative estimate of drug-likeness (QED) is 0.471. The molecule has 5 heteroatoms. The van der Waals surface area contributed by atoms with Crippen molar-refractivity contribution in [3.05, 3.63) is 53.3 Å². The predicted octanol–water partition coefficient (Wildman–Crippen LogP) is -1.48. The SMILES string of the molecule is Cc1cc([C-]=O)nn1Cc1ccccc1.[Li+].[OH-]. The van der Waals surface area contributed by atoms with Crippen LogP contribution in [0, 0.1) is 6.92 Å². The van der Waals surface area contributed by atoms with E-state index in [4.69, 9.17) is 0 Å². The smallest absolute Gasteiger partial charge is 0.870 e. The summed E-state index contributed by atoms with van der Waals surface area (Å²) in [4.78, 5) is 10.4. The second kappa shape index (κ2) is 7.08. The molecule has 0 fully saturated rings. The van der Waals surface area contributed by atoms with Gasteiger partial charge in [0.2, 0.25) is 0 Å². The first-order chi connectivity index (χ1) is 7.29. The van der Waals surface area contributed by atoms with Crippen molar-refractivity contribution in [3.63, 3.8) is 0 Å². The molecule has 1 aromatic heterocycles. The molecule has 0 aliphatic heterocycles. The summed E-state index contributed by atoms with van der Waals surface area (Å²) in [7, 11) is 0. The fraction of sp³-hybridized carbons (Fsp3) is 0.167. The minimum Gasteiger partial charge on any atom is -0.870 e. The van der Waals surface area contributed by atoms with Crippen LogP contribution in [0.3, 0.4) is 0 Å². The van der Waals surface area contributed by atoms with Gasteiger partial charge in [-0.1, -0.05) is 30.3 Å². The molecule has 0 atom stereocenters. The number of aryl methyl sites for hydroxylation is 1. The fourth-order valence-electron chi connectivity index (χ4n) is 1.48. The molecule has 2 rings (SSSR count). The monoisotopic (exact) mass is 223 g/mol. The van der Waals surface area contributed by atoms with Crippen molar-refractivity contribution in [1.82, 2.24) is 9.78 Å². The molecule has 0 radical (unpaired) electrons. The second-order valence-electron chi connectivity index (χ2n) is 3.42. The van der Waals surface area contributed by atoms with Gasteiger partial charge in [-0.3, -0.25) is 4.68 Å². The summed E-state index contributed by atoms with van der Waals surface area (Å²) in [5, 5.41) is 4.12. The molecular weight excluding hydrogens is 211 g/mol. The van der Waals surface area contributed by atoms with Crippen molar-refractivity contribution in [2.75, 3.05) is 0 Å². The summed E-state index contributed by atoms with van der Waals surface area (Å²) in [6.45, 7) is 2.62. The molecule has 0 saturated carbocycles. The normalized spacial score (nSPS) is 9.00. The molecule has 0 aliphatic carbocycles. The van der Waals surface area contributed by atoms with Crippen molar-refractivity contribution in [2.24, 2.45) is 0 Å². The van der Waals surface area contributed by atoms with E-state index in [2.05, 4.69) is 5.10 Å². The van der Waals surface area contributed by atoms with Crippen LogP contribution < -0.4 is 18.9 Å². The molecule has 0 amide bonds. The van der Waals surface area contributed by atoms with Gasteiger partial charge in [-0.2, -0.15) is 6.07 Å². The molecule has 1 N–H and O–H groups in total. The van der Waals surface area contributed by atoms with Crippen molar-refractivity contribution < 1.29 is 29.1 Å². The van der Waals surface area contributed by atoms with Crippen LogP contribution in [0.2, 0.25) is 0 Å². The molecule has 2 aromatic rings. The number of nitrogens with zero attached hydrogens (tertiary/aromatic N) is 2. The first kappa shape index (κ1) is 15.7. The van der Waals surface area contributed by atoms with Crippen LogP contribution in [-0.4, -0.2) is 21.5 Å². The van der Waals surface area contributed by atoms with Crippen LogP contribution in [0.5, 0.6) is 0 Å². The third-order valence-electron chi connectivity index (χ3n) is 2.26. The van der Waals surface area contributed by atoms with Crippen molar-refractivity contribution >= 4 is 6.29 Å². The molecule has 84 valence electrons. The average molecular weight is 223 g/mol. The summed E-state index contributed by atoms with van der Waals surface area (Å²) in [5.41, 5.74) is 2.50. The fourth-order valence-corrected chi connectivity index (χ4v) is 1.48. The van der Waals surface area contributed by atoms with Crippen LogP contribution in [0.25, 0.3) is 0 Å². The van der Waals surface area contributed by atoms with E-state index in [-0.39, 0.29) is 24.3 Å². The van der Waals surface area contributed by atoms with Gasteiger partial charge >= 0.3 is 18.9 Å². The Hall–Kier alpha value is -1.34. The third kappa shape index (κ3) is 3.86. The molecule has 0 aliphatic rings. The number of aromatic nitrogens is 2. The van der Waals surface area contributed by atoms with Crippen molar-refractivity contribution in [1.29, 1.82) is 0 Å². The van der Waals surface area contributed by atoms with Gasteiger partial charge in [0, 0.05) is 6.29 Å². The van der Waals surface area contributed by atoms with Gasteiger partial charge in [0.25, 0.3) is 0 Å². The molecule has 4 nitrogen and oxygen atoms in total. The van der Waals surface area contributed by atoms with Gasteiger partial charge < -0.3 is 10.3 Å². The Morgan fingerprint density at radius 2 is 1.94 bits per heavy atom. The average Bonchev–Trinajstić information content (AvgIpc) is 2.61. The molecule has 1 aromatic carbocycles. The van der Waals surface area contributed by atoms with Crippen LogP contribution in [-0.2, 0) is 11.3 Å². The molecular formula is C12H12LiN2O2-. The van der Waals surface area contributed by atoms with Crippen molar-refractivity contribution in [2.45, 2.75) is 13.5 Å². The van der Waals surface area contributed by atoms with E-state index in [9.17, 15) is 4.79 Å². The zero-order valence-corrected chi connectivity index (χ0v) is 9.92. The molecule has 0 spiro atoms. The Morgan fingerprint density at radius 1 is 1.29 bits per heavy atom. The van der Waals surface area contributed by atoms with Gasteiger partial charge in [-0.15, -0.1) is 0 Å². The largest absolute Gasteiger partial charge is 1.00 e. The second-order valence-corrected chi connectivity index (χ2v) is 3.42. The minimum absolute atomic E-state index is 0. The maximum absolute atomic E-state index is 10.4. The molecule has 0 bridgehead atoms. The predicted molar refractivity (Wildman–Crippen MR) is 59.2 cm³/mol. The van der Waals surface area contributed by atoms with E-state index in [1.54, 1.807) is 17.0 Å². The van der Waals surface area contributed by atoms with Gasteiger partial charge in [-0.05, 0) is 23.9 Å². The zero-order valence-electron chi connectivity index (χ0n) is 9.92. The first-order valence-electron chi connectivity index (χ1n) is 4.76. The molecule has 0 saturated heterocycles. The van der Waals surface area contributed by atoms with Crippen LogP contribution in [0.1, 0.15) is 17.0 Å². The summed E-state index contributed by atoms with van der Waals surface area (Å²) in [6, 6.07) is 11.7. The van der Waals surface area contributed by atoms with E-state index in [1.807, 2.05) is 37.3 Å². The van der Waals surface area contributed by atoms with Gasteiger partial charge in [-0.25, -0.2) is 5.10 Å². The van der Waals surface area contributed by atoms with Gasteiger partial charge in [0.15, 0.2) is 0 Å². The maximum Gasteiger partial charge on any atom is 1.00 e. The van der Waals surface area contributed by atoms with Crippen LogP contribution in [0.15, 0.2) is 36.4 Å². The standard InChI is InChI=1S/C12H11N2O.Li.H2O/c1-10-7-12(9-15)13-14(10)8-11-5-3-2-4-6-11;;/h2-7H,8H2,1H3;;1H2/q-1;+1;/p-1. The minimum atomic E-state index is 0.